The number of hydrogen-bond acceptors (Lipinski definition) is 4. The van der Waals surface area contributed by atoms with Gasteiger partial charge < -0.3 is 14.2 Å². The molecule has 19 heavy (non-hydrogen) atoms. The fraction of sp³-hybridized carbons (Fsp3) is 0.533. The van der Waals surface area contributed by atoms with Crippen molar-refractivity contribution >= 4 is 5.97 Å². The van der Waals surface area contributed by atoms with Crippen molar-refractivity contribution in [2.24, 2.45) is 0 Å². The lowest BCUT2D eigenvalue weighted by Crippen LogP contribution is -2.25. The van der Waals surface area contributed by atoms with Crippen LogP contribution in [0.5, 0.6) is 5.75 Å². The summed E-state index contributed by atoms with van der Waals surface area (Å²) in [7, 11) is 0. The van der Waals surface area contributed by atoms with E-state index in [0.717, 1.165) is 43.6 Å². The van der Waals surface area contributed by atoms with Gasteiger partial charge in [0.25, 0.3) is 0 Å². The molecule has 4 heteroatoms. The van der Waals surface area contributed by atoms with Crippen LogP contribution in [0.4, 0.5) is 0 Å². The van der Waals surface area contributed by atoms with Crippen molar-refractivity contribution in [3.05, 3.63) is 29.3 Å². The number of rotatable bonds is 3. The fourth-order valence-corrected chi connectivity index (χ4v) is 2.50. The van der Waals surface area contributed by atoms with Crippen molar-refractivity contribution in [3.63, 3.8) is 0 Å². The van der Waals surface area contributed by atoms with Crippen molar-refractivity contribution in [1.29, 1.82) is 0 Å². The molecule has 0 spiro atoms. The van der Waals surface area contributed by atoms with Crippen LogP contribution in [0.2, 0.25) is 0 Å². The van der Waals surface area contributed by atoms with E-state index in [9.17, 15) is 4.79 Å². The number of carbonyl (C=O) groups is 1. The topological polar surface area (TPSA) is 44.8 Å². The molecule has 1 aromatic rings. The maximum absolute atomic E-state index is 12.0. The molecule has 0 N–H and O–H groups in total. The van der Waals surface area contributed by atoms with Gasteiger partial charge in [-0.1, -0.05) is 0 Å². The Morgan fingerprint density at radius 1 is 1.32 bits per heavy atom. The van der Waals surface area contributed by atoms with Crippen LogP contribution in [0.3, 0.4) is 0 Å². The van der Waals surface area contributed by atoms with Gasteiger partial charge in [-0.05, 0) is 43.0 Å². The number of benzene rings is 1. The summed E-state index contributed by atoms with van der Waals surface area (Å²) in [4.78, 5) is 12.0. The van der Waals surface area contributed by atoms with Gasteiger partial charge >= 0.3 is 5.97 Å². The number of hydrogen-bond donors (Lipinski definition) is 0. The zero-order chi connectivity index (χ0) is 13.1. The van der Waals surface area contributed by atoms with Crippen LogP contribution in [-0.2, 0) is 15.9 Å². The van der Waals surface area contributed by atoms with Gasteiger partial charge in [0.05, 0.1) is 18.3 Å². The third kappa shape index (κ3) is 2.89. The molecule has 102 valence electrons. The molecule has 1 aromatic carbocycles. The third-order valence-electron chi connectivity index (χ3n) is 3.60. The predicted molar refractivity (Wildman–Crippen MR) is 69.5 cm³/mol. The van der Waals surface area contributed by atoms with Gasteiger partial charge in [0.1, 0.15) is 12.4 Å². The Labute approximate surface area is 112 Å². The average Bonchev–Trinajstić information content (AvgIpc) is 2.93. The molecule has 4 nitrogen and oxygen atoms in total. The minimum absolute atomic E-state index is 0.0652. The highest BCUT2D eigenvalue weighted by Crippen LogP contribution is 2.26. The van der Waals surface area contributed by atoms with E-state index in [0.29, 0.717) is 18.8 Å². The van der Waals surface area contributed by atoms with Crippen molar-refractivity contribution in [1.82, 2.24) is 0 Å². The Morgan fingerprint density at radius 2 is 2.26 bits per heavy atom. The molecule has 0 radical (unpaired) electrons. The quantitative estimate of drug-likeness (QED) is 0.784. The highest BCUT2D eigenvalue weighted by molar-refractivity contribution is 5.90. The normalized spacial score (nSPS) is 21.6. The third-order valence-corrected chi connectivity index (χ3v) is 3.60. The summed E-state index contributed by atoms with van der Waals surface area (Å²) in [6.07, 6.45) is 4.16. The van der Waals surface area contributed by atoms with E-state index >= 15 is 0 Å². The number of esters is 1. The monoisotopic (exact) mass is 262 g/mol. The van der Waals surface area contributed by atoms with Crippen molar-refractivity contribution in [2.45, 2.75) is 31.8 Å². The lowest BCUT2D eigenvalue weighted by Gasteiger charge is -2.22. The fourth-order valence-electron chi connectivity index (χ4n) is 2.50. The summed E-state index contributed by atoms with van der Waals surface area (Å²) in [6, 6.07) is 5.47. The summed E-state index contributed by atoms with van der Waals surface area (Å²) in [5.74, 6) is 0.607. The van der Waals surface area contributed by atoms with E-state index in [2.05, 4.69) is 0 Å². The molecule has 0 amide bonds. The SMILES string of the molecule is O=C(OCC1CCCCO1)c1ccc2c(c1)CCO2. The molecule has 1 unspecified atom stereocenters. The van der Waals surface area contributed by atoms with Crippen molar-refractivity contribution < 1.29 is 19.0 Å². The second-order valence-electron chi connectivity index (χ2n) is 5.01. The molecule has 1 saturated heterocycles. The number of carbonyl (C=O) groups excluding carboxylic acids is 1. The van der Waals surface area contributed by atoms with E-state index in [1.807, 2.05) is 12.1 Å². The Balaban J connectivity index is 1.57. The minimum atomic E-state index is -0.274. The first-order valence-corrected chi connectivity index (χ1v) is 6.87. The minimum Gasteiger partial charge on any atom is -0.493 e. The largest absolute Gasteiger partial charge is 0.493 e. The molecule has 0 saturated carbocycles. The van der Waals surface area contributed by atoms with E-state index in [1.165, 1.54) is 0 Å². The van der Waals surface area contributed by atoms with E-state index < -0.39 is 0 Å². The first kappa shape index (κ1) is 12.5. The van der Waals surface area contributed by atoms with Crippen LogP contribution in [-0.4, -0.2) is 31.9 Å². The Bertz CT molecular complexity index is 463. The van der Waals surface area contributed by atoms with E-state index in [-0.39, 0.29) is 12.1 Å². The van der Waals surface area contributed by atoms with E-state index in [4.69, 9.17) is 14.2 Å². The van der Waals surface area contributed by atoms with Gasteiger partial charge in [-0.3, -0.25) is 0 Å². The predicted octanol–water partition coefficient (Wildman–Crippen LogP) is 2.35. The van der Waals surface area contributed by atoms with Crippen LogP contribution in [0.25, 0.3) is 0 Å². The zero-order valence-corrected chi connectivity index (χ0v) is 10.9. The zero-order valence-electron chi connectivity index (χ0n) is 10.9. The van der Waals surface area contributed by atoms with Crippen LogP contribution < -0.4 is 4.74 Å². The van der Waals surface area contributed by atoms with E-state index in [1.54, 1.807) is 6.07 Å². The first-order chi connectivity index (χ1) is 9.33. The standard InChI is InChI=1S/C15H18O4/c16-15(19-10-13-3-1-2-7-17-13)12-4-5-14-11(9-12)6-8-18-14/h4-5,9,13H,1-3,6-8,10H2. The van der Waals surface area contributed by atoms with Gasteiger partial charge in [0.2, 0.25) is 0 Å². The molecular formula is C15H18O4. The molecular weight excluding hydrogens is 244 g/mol. The maximum atomic E-state index is 12.0. The Morgan fingerprint density at radius 3 is 3.11 bits per heavy atom. The lowest BCUT2D eigenvalue weighted by molar-refractivity contribution is -0.0300. The van der Waals surface area contributed by atoms with Gasteiger partial charge in [-0.2, -0.15) is 0 Å². The number of fused-ring (bicyclic) bond motifs is 1. The smallest absolute Gasteiger partial charge is 0.338 e. The van der Waals surface area contributed by atoms with Crippen LogP contribution in [0.1, 0.15) is 35.2 Å². The van der Waals surface area contributed by atoms with Gasteiger partial charge in [-0.25, -0.2) is 4.79 Å². The summed E-state index contributed by atoms with van der Waals surface area (Å²) in [5, 5.41) is 0. The molecule has 1 fully saturated rings. The van der Waals surface area contributed by atoms with Crippen molar-refractivity contribution in [3.8, 4) is 5.75 Å². The summed E-state index contributed by atoms with van der Waals surface area (Å²) in [5.41, 5.74) is 1.68. The highest BCUT2D eigenvalue weighted by Gasteiger charge is 2.19. The molecule has 3 rings (SSSR count). The maximum Gasteiger partial charge on any atom is 0.338 e. The molecule has 0 aromatic heterocycles. The first-order valence-electron chi connectivity index (χ1n) is 6.87. The average molecular weight is 262 g/mol. The Hall–Kier alpha value is -1.55. The molecule has 2 aliphatic heterocycles. The van der Waals surface area contributed by atoms with Crippen LogP contribution in [0.15, 0.2) is 18.2 Å². The Kier molecular flexibility index (Phi) is 3.69. The highest BCUT2D eigenvalue weighted by atomic mass is 16.6. The number of ether oxygens (including phenoxy) is 3. The molecule has 2 aliphatic rings. The van der Waals surface area contributed by atoms with Gasteiger partial charge in [0, 0.05) is 13.0 Å². The van der Waals surface area contributed by atoms with Crippen LogP contribution in [0, 0.1) is 0 Å². The molecule has 1 atom stereocenters. The van der Waals surface area contributed by atoms with Crippen molar-refractivity contribution in [2.75, 3.05) is 19.8 Å². The molecule has 0 aliphatic carbocycles. The molecule has 0 bridgehead atoms. The van der Waals surface area contributed by atoms with Crippen LogP contribution >= 0.6 is 0 Å². The summed E-state index contributed by atoms with van der Waals surface area (Å²) >= 11 is 0. The van der Waals surface area contributed by atoms with Gasteiger partial charge in [-0.15, -0.1) is 0 Å². The molecule has 2 heterocycles. The lowest BCUT2D eigenvalue weighted by atomic mass is 10.1. The summed E-state index contributed by atoms with van der Waals surface area (Å²) < 4.78 is 16.3. The van der Waals surface area contributed by atoms with Gasteiger partial charge in [0.15, 0.2) is 0 Å². The second kappa shape index (κ2) is 5.61. The summed E-state index contributed by atoms with van der Waals surface area (Å²) in [6.45, 7) is 1.83. The second-order valence-corrected chi connectivity index (χ2v) is 5.01.